The van der Waals surface area contributed by atoms with Crippen LogP contribution < -0.4 is 5.32 Å². The molecular formula is C14H13ClN2O2. The number of nitro groups is 1. The van der Waals surface area contributed by atoms with Crippen LogP contribution in [0.2, 0.25) is 5.02 Å². The van der Waals surface area contributed by atoms with Crippen molar-refractivity contribution in [1.82, 2.24) is 0 Å². The van der Waals surface area contributed by atoms with Gasteiger partial charge in [-0.1, -0.05) is 29.8 Å². The summed E-state index contributed by atoms with van der Waals surface area (Å²) in [6.07, 6.45) is 0. The summed E-state index contributed by atoms with van der Waals surface area (Å²) < 4.78 is 0. The van der Waals surface area contributed by atoms with Crippen molar-refractivity contribution in [2.45, 2.75) is 13.5 Å². The number of halogens is 1. The highest BCUT2D eigenvalue weighted by Crippen LogP contribution is 2.22. The highest BCUT2D eigenvalue weighted by atomic mass is 35.5. The third kappa shape index (κ3) is 3.45. The van der Waals surface area contributed by atoms with Gasteiger partial charge >= 0.3 is 0 Å². The fourth-order valence-electron chi connectivity index (χ4n) is 1.77. The minimum absolute atomic E-state index is 0.121. The van der Waals surface area contributed by atoms with E-state index in [2.05, 4.69) is 5.32 Å². The lowest BCUT2D eigenvalue weighted by Crippen LogP contribution is -2.00. The van der Waals surface area contributed by atoms with Gasteiger partial charge in [0.2, 0.25) is 0 Å². The zero-order chi connectivity index (χ0) is 13.8. The van der Waals surface area contributed by atoms with Crippen LogP contribution in [-0.4, -0.2) is 4.92 Å². The highest BCUT2D eigenvalue weighted by molar-refractivity contribution is 6.30. The smallest absolute Gasteiger partial charge is 0.274 e. The van der Waals surface area contributed by atoms with Crippen LogP contribution in [0.5, 0.6) is 0 Å². The molecule has 0 atom stereocenters. The first kappa shape index (κ1) is 13.4. The maximum absolute atomic E-state index is 10.9. The molecule has 5 heteroatoms. The van der Waals surface area contributed by atoms with E-state index >= 15 is 0 Å². The fraction of sp³-hybridized carbons (Fsp3) is 0.143. The Bertz CT molecular complexity index is 614. The molecule has 4 nitrogen and oxygen atoms in total. The lowest BCUT2D eigenvalue weighted by atomic mass is 10.1. The minimum Gasteiger partial charge on any atom is -0.381 e. The molecule has 0 unspecified atom stereocenters. The van der Waals surface area contributed by atoms with Crippen LogP contribution in [0.15, 0.2) is 42.5 Å². The average molecular weight is 277 g/mol. The van der Waals surface area contributed by atoms with Gasteiger partial charge in [0.25, 0.3) is 5.69 Å². The molecule has 0 aliphatic rings. The van der Waals surface area contributed by atoms with Crippen molar-refractivity contribution in [3.63, 3.8) is 0 Å². The normalized spacial score (nSPS) is 10.2. The first-order valence-electron chi connectivity index (χ1n) is 5.79. The predicted molar refractivity (Wildman–Crippen MR) is 76.6 cm³/mol. The lowest BCUT2D eigenvalue weighted by Gasteiger charge is -2.07. The van der Waals surface area contributed by atoms with Gasteiger partial charge in [0.1, 0.15) is 0 Å². The van der Waals surface area contributed by atoms with Gasteiger partial charge in [-0.25, -0.2) is 0 Å². The predicted octanol–water partition coefficient (Wildman–Crippen LogP) is 4.17. The number of hydrogen-bond acceptors (Lipinski definition) is 3. The summed E-state index contributed by atoms with van der Waals surface area (Å²) >= 11 is 5.90. The van der Waals surface area contributed by atoms with Crippen LogP contribution >= 0.6 is 11.6 Å². The van der Waals surface area contributed by atoms with Gasteiger partial charge < -0.3 is 5.32 Å². The van der Waals surface area contributed by atoms with E-state index in [1.807, 2.05) is 30.3 Å². The Hall–Kier alpha value is -2.07. The molecule has 19 heavy (non-hydrogen) atoms. The summed E-state index contributed by atoms with van der Waals surface area (Å²) in [5, 5.41) is 14.7. The van der Waals surface area contributed by atoms with Crippen LogP contribution in [0.1, 0.15) is 11.1 Å². The van der Waals surface area contributed by atoms with Gasteiger partial charge in [-0.3, -0.25) is 10.1 Å². The van der Waals surface area contributed by atoms with Gasteiger partial charge in [0.15, 0.2) is 0 Å². The lowest BCUT2D eigenvalue weighted by molar-refractivity contribution is -0.385. The number of rotatable bonds is 4. The van der Waals surface area contributed by atoms with E-state index in [1.165, 1.54) is 0 Å². The summed E-state index contributed by atoms with van der Waals surface area (Å²) in [7, 11) is 0. The third-order valence-electron chi connectivity index (χ3n) is 2.79. The van der Waals surface area contributed by atoms with Crippen LogP contribution in [-0.2, 0) is 6.54 Å². The van der Waals surface area contributed by atoms with E-state index in [1.54, 1.807) is 19.1 Å². The first-order chi connectivity index (χ1) is 9.06. The second-order valence-corrected chi connectivity index (χ2v) is 4.68. The van der Waals surface area contributed by atoms with E-state index in [9.17, 15) is 10.1 Å². The van der Waals surface area contributed by atoms with Gasteiger partial charge in [0, 0.05) is 28.9 Å². The average Bonchev–Trinajstić information content (AvgIpc) is 2.37. The molecule has 1 N–H and O–H groups in total. The Morgan fingerprint density at radius 2 is 2.05 bits per heavy atom. The Labute approximate surface area is 116 Å². The molecule has 0 spiro atoms. The molecule has 0 radical (unpaired) electrons. The van der Waals surface area contributed by atoms with Crippen molar-refractivity contribution in [3.05, 3.63) is 68.7 Å². The van der Waals surface area contributed by atoms with Gasteiger partial charge in [0.05, 0.1) is 4.92 Å². The molecule has 0 aliphatic carbocycles. The van der Waals surface area contributed by atoms with Crippen molar-refractivity contribution in [3.8, 4) is 0 Å². The molecule has 0 bridgehead atoms. The minimum atomic E-state index is -0.375. The summed E-state index contributed by atoms with van der Waals surface area (Å²) in [5.74, 6) is 0. The molecule has 98 valence electrons. The maximum Gasteiger partial charge on any atom is 0.274 e. The van der Waals surface area contributed by atoms with Gasteiger partial charge in [-0.2, -0.15) is 0 Å². The first-order valence-corrected chi connectivity index (χ1v) is 6.17. The Morgan fingerprint density at radius 3 is 2.74 bits per heavy atom. The van der Waals surface area contributed by atoms with Gasteiger partial charge in [-0.05, 0) is 30.7 Å². The van der Waals surface area contributed by atoms with Crippen LogP contribution in [0.3, 0.4) is 0 Å². The quantitative estimate of drug-likeness (QED) is 0.673. The van der Waals surface area contributed by atoms with Gasteiger partial charge in [-0.15, -0.1) is 0 Å². The van der Waals surface area contributed by atoms with Crippen LogP contribution in [0, 0.1) is 17.0 Å². The highest BCUT2D eigenvalue weighted by Gasteiger charge is 2.10. The van der Waals surface area contributed by atoms with E-state index in [0.29, 0.717) is 17.1 Å². The molecule has 0 aromatic heterocycles. The zero-order valence-corrected chi connectivity index (χ0v) is 11.1. The summed E-state index contributed by atoms with van der Waals surface area (Å²) in [6.45, 7) is 2.29. The standard InChI is InChI=1S/C14H13ClN2O2/c1-10-5-6-13(8-14(10)17(18)19)16-9-11-3-2-4-12(15)7-11/h2-8,16H,9H2,1H3. The van der Waals surface area contributed by atoms with Crippen molar-refractivity contribution < 1.29 is 4.92 Å². The number of benzene rings is 2. The number of anilines is 1. The molecule has 2 rings (SSSR count). The summed E-state index contributed by atoms with van der Waals surface area (Å²) in [6, 6.07) is 12.6. The van der Waals surface area contributed by atoms with Crippen LogP contribution in [0.4, 0.5) is 11.4 Å². The molecule has 0 fully saturated rings. The van der Waals surface area contributed by atoms with Crippen molar-refractivity contribution in [2.75, 3.05) is 5.32 Å². The molecule has 2 aromatic carbocycles. The third-order valence-corrected chi connectivity index (χ3v) is 3.03. The van der Waals surface area contributed by atoms with Crippen LogP contribution in [0.25, 0.3) is 0 Å². The number of aryl methyl sites for hydroxylation is 1. The molecule has 2 aromatic rings. The maximum atomic E-state index is 10.9. The van der Waals surface area contributed by atoms with E-state index < -0.39 is 0 Å². The number of nitrogens with one attached hydrogen (secondary N) is 1. The Kier molecular flexibility index (Phi) is 4.02. The molecule has 0 amide bonds. The molecule has 0 heterocycles. The van der Waals surface area contributed by atoms with Crippen molar-refractivity contribution >= 4 is 23.0 Å². The fourth-order valence-corrected chi connectivity index (χ4v) is 1.98. The van der Waals surface area contributed by atoms with E-state index in [0.717, 1.165) is 11.3 Å². The van der Waals surface area contributed by atoms with Crippen molar-refractivity contribution in [2.24, 2.45) is 0 Å². The molecule has 0 saturated carbocycles. The largest absolute Gasteiger partial charge is 0.381 e. The molecule has 0 saturated heterocycles. The van der Waals surface area contributed by atoms with E-state index in [4.69, 9.17) is 11.6 Å². The summed E-state index contributed by atoms with van der Waals surface area (Å²) in [4.78, 5) is 10.5. The summed E-state index contributed by atoms with van der Waals surface area (Å²) in [5.41, 5.74) is 2.52. The number of nitrogens with zero attached hydrogens (tertiary/aromatic N) is 1. The number of nitro benzene ring substituents is 1. The zero-order valence-electron chi connectivity index (χ0n) is 10.4. The molecular weight excluding hydrogens is 264 g/mol. The number of hydrogen-bond donors (Lipinski definition) is 1. The molecule has 0 aliphatic heterocycles. The SMILES string of the molecule is Cc1ccc(NCc2cccc(Cl)c2)cc1[N+](=O)[O-]. The second kappa shape index (κ2) is 5.71. The Morgan fingerprint density at radius 1 is 1.26 bits per heavy atom. The second-order valence-electron chi connectivity index (χ2n) is 4.24. The Balaban J connectivity index is 2.12. The van der Waals surface area contributed by atoms with E-state index in [-0.39, 0.29) is 10.6 Å². The monoisotopic (exact) mass is 276 g/mol. The van der Waals surface area contributed by atoms with Crippen molar-refractivity contribution in [1.29, 1.82) is 0 Å². The topological polar surface area (TPSA) is 55.2 Å².